The van der Waals surface area contributed by atoms with Gasteiger partial charge >= 0.3 is 5.97 Å². The molecule has 1 aliphatic rings. The van der Waals surface area contributed by atoms with Crippen LogP contribution in [0.5, 0.6) is 0 Å². The van der Waals surface area contributed by atoms with E-state index in [0.717, 1.165) is 13.0 Å². The third-order valence-electron chi connectivity index (χ3n) is 2.82. The molecule has 0 saturated carbocycles. The fraction of sp³-hybridized carbons (Fsp3) is 0.727. The lowest BCUT2D eigenvalue weighted by Crippen LogP contribution is -2.07. The normalized spacial score (nSPS) is 21.6. The molecule has 1 N–H and O–H groups in total. The molecule has 1 fully saturated rings. The maximum absolute atomic E-state index is 10.5. The number of rotatable bonds is 5. The van der Waals surface area contributed by atoms with Crippen molar-refractivity contribution in [1.82, 2.24) is 10.1 Å². The summed E-state index contributed by atoms with van der Waals surface area (Å²) < 4.78 is 10.4. The van der Waals surface area contributed by atoms with Gasteiger partial charge in [-0.2, -0.15) is 4.98 Å². The van der Waals surface area contributed by atoms with E-state index in [-0.39, 0.29) is 18.3 Å². The Labute approximate surface area is 99.0 Å². The predicted octanol–water partition coefficient (Wildman–Crippen LogP) is 1.23. The number of aliphatic carboxylic acids is 1. The summed E-state index contributed by atoms with van der Waals surface area (Å²) in [5.74, 6) is 0.616. The Hall–Kier alpha value is -1.43. The molecule has 1 aromatic rings. The maximum Gasteiger partial charge on any atom is 0.303 e. The van der Waals surface area contributed by atoms with Crippen LogP contribution in [0.15, 0.2) is 4.52 Å². The number of carbonyl (C=O) groups is 1. The second-order valence-electron chi connectivity index (χ2n) is 4.51. The SMILES string of the molecule is CC(CC(=O)O)Cc1nc(C2CCOC2)no1. The minimum atomic E-state index is -0.804. The molecule has 17 heavy (non-hydrogen) atoms. The highest BCUT2D eigenvalue weighted by molar-refractivity contribution is 5.66. The largest absolute Gasteiger partial charge is 0.481 e. The van der Waals surface area contributed by atoms with Crippen molar-refractivity contribution >= 4 is 5.97 Å². The summed E-state index contributed by atoms with van der Waals surface area (Å²) in [7, 11) is 0. The third kappa shape index (κ3) is 3.26. The molecule has 6 nitrogen and oxygen atoms in total. The first-order valence-electron chi connectivity index (χ1n) is 5.77. The first-order chi connectivity index (χ1) is 8.15. The van der Waals surface area contributed by atoms with Gasteiger partial charge in [-0.1, -0.05) is 12.1 Å². The second-order valence-corrected chi connectivity index (χ2v) is 4.51. The van der Waals surface area contributed by atoms with Crippen LogP contribution in [-0.4, -0.2) is 34.4 Å². The molecular formula is C11H16N2O4. The third-order valence-corrected chi connectivity index (χ3v) is 2.82. The van der Waals surface area contributed by atoms with Crippen LogP contribution in [0.4, 0.5) is 0 Å². The van der Waals surface area contributed by atoms with Gasteiger partial charge in [0.1, 0.15) is 0 Å². The van der Waals surface area contributed by atoms with E-state index in [1.54, 1.807) is 0 Å². The van der Waals surface area contributed by atoms with E-state index in [0.29, 0.717) is 24.7 Å². The molecule has 6 heteroatoms. The molecule has 2 rings (SSSR count). The molecule has 1 saturated heterocycles. The molecule has 0 bridgehead atoms. The predicted molar refractivity (Wildman–Crippen MR) is 57.6 cm³/mol. The van der Waals surface area contributed by atoms with E-state index in [2.05, 4.69) is 10.1 Å². The highest BCUT2D eigenvalue weighted by Gasteiger charge is 2.23. The van der Waals surface area contributed by atoms with Crippen LogP contribution in [-0.2, 0) is 16.0 Å². The molecule has 2 unspecified atom stereocenters. The summed E-state index contributed by atoms with van der Waals surface area (Å²) in [4.78, 5) is 14.8. The quantitative estimate of drug-likeness (QED) is 0.833. The molecule has 2 heterocycles. The lowest BCUT2D eigenvalue weighted by molar-refractivity contribution is -0.137. The average Bonchev–Trinajstić information content (AvgIpc) is 2.84. The number of nitrogens with zero attached hydrogens (tertiary/aromatic N) is 2. The van der Waals surface area contributed by atoms with Crippen molar-refractivity contribution in [3.05, 3.63) is 11.7 Å². The van der Waals surface area contributed by atoms with Crippen LogP contribution in [0, 0.1) is 5.92 Å². The van der Waals surface area contributed by atoms with E-state index >= 15 is 0 Å². The molecule has 0 spiro atoms. The zero-order valence-electron chi connectivity index (χ0n) is 9.76. The zero-order valence-corrected chi connectivity index (χ0v) is 9.76. The number of ether oxygens (including phenoxy) is 1. The highest BCUT2D eigenvalue weighted by atomic mass is 16.5. The van der Waals surface area contributed by atoms with E-state index in [4.69, 9.17) is 14.4 Å². The fourth-order valence-electron chi connectivity index (χ4n) is 1.92. The first kappa shape index (κ1) is 12.0. The van der Waals surface area contributed by atoms with Gasteiger partial charge < -0.3 is 14.4 Å². The summed E-state index contributed by atoms with van der Waals surface area (Å²) in [6, 6.07) is 0. The van der Waals surface area contributed by atoms with Crippen LogP contribution in [0.2, 0.25) is 0 Å². The van der Waals surface area contributed by atoms with Crippen LogP contribution >= 0.6 is 0 Å². The van der Waals surface area contributed by atoms with Crippen molar-refractivity contribution in [2.45, 2.75) is 32.1 Å². The standard InChI is InChI=1S/C11H16N2O4/c1-7(5-10(14)15)4-9-12-11(13-17-9)8-2-3-16-6-8/h7-8H,2-6H2,1H3,(H,14,15). The van der Waals surface area contributed by atoms with E-state index in [1.807, 2.05) is 6.92 Å². The highest BCUT2D eigenvalue weighted by Crippen LogP contribution is 2.23. The summed E-state index contributed by atoms with van der Waals surface area (Å²) in [6.45, 7) is 3.24. The van der Waals surface area contributed by atoms with Gasteiger partial charge in [-0.05, 0) is 12.3 Å². The smallest absolute Gasteiger partial charge is 0.303 e. The Bertz CT molecular complexity index is 385. The molecule has 1 aromatic heterocycles. The summed E-state index contributed by atoms with van der Waals surface area (Å²) in [6.07, 6.45) is 1.54. The average molecular weight is 240 g/mol. The van der Waals surface area contributed by atoms with Crippen molar-refractivity contribution in [3.8, 4) is 0 Å². The van der Waals surface area contributed by atoms with Gasteiger partial charge in [0.15, 0.2) is 5.82 Å². The van der Waals surface area contributed by atoms with Crippen LogP contribution in [0.3, 0.4) is 0 Å². The summed E-state index contributed by atoms with van der Waals surface area (Å²) in [5.41, 5.74) is 0. The number of hydrogen-bond donors (Lipinski definition) is 1. The van der Waals surface area contributed by atoms with Gasteiger partial charge in [-0.3, -0.25) is 4.79 Å². The van der Waals surface area contributed by atoms with Gasteiger partial charge in [0.25, 0.3) is 0 Å². The number of hydrogen-bond acceptors (Lipinski definition) is 5. The molecule has 0 amide bonds. The lowest BCUT2D eigenvalue weighted by Gasteiger charge is -2.03. The lowest BCUT2D eigenvalue weighted by atomic mass is 10.0. The molecule has 94 valence electrons. The van der Waals surface area contributed by atoms with E-state index in [9.17, 15) is 4.79 Å². The summed E-state index contributed by atoms with van der Waals surface area (Å²) in [5, 5.41) is 12.6. The molecular weight excluding hydrogens is 224 g/mol. The minimum Gasteiger partial charge on any atom is -0.481 e. The van der Waals surface area contributed by atoms with Gasteiger partial charge in [-0.15, -0.1) is 0 Å². The van der Waals surface area contributed by atoms with E-state index < -0.39 is 5.97 Å². The Balaban J connectivity index is 1.91. The maximum atomic E-state index is 10.5. The van der Waals surface area contributed by atoms with Crippen LogP contribution < -0.4 is 0 Å². The zero-order chi connectivity index (χ0) is 12.3. The van der Waals surface area contributed by atoms with Crippen molar-refractivity contribution in [3.63, 3.8) is 0 Å². The van der Waals surface area contributed by atoms with E-state index in [1.165, 1.54) is 0 Å². The van der Waals surface area contributed by atoms with Gasteiger partial charge in [0.05, 0.1) is 6.61 Å². The topological polar surface area (TPSA) is 85.5 Å². The first-order valence-corrected chi connectivity index (χ1v) is 5.77. The Morgan fingerprint density at radius 3 is 3.12 bits per heavy atom. The molecule has 2 atom stereocenters. The molecule has 1 aliphatic heterocycles. The van der Waals surface area contributed by atoms with Crippen molar-refractivity contribution in [2.24, 2.45) is 5.92 Å². The Morgan fingerprint density at radius 2 is 2.47 bits per heavy atom. The minimum absolute atomic E-state index is 0.000582. The number of carboxylic acid groups (broad SMARTS) is 1. The number of carboxylic acids is 1. The molecule has 0 aromatic carbocycles. The monoisotopic (exact) mass is 240 g/mol. The van der Waals surface area contributed by atoms with Crippen LogP contribution in [0.1, 0.15) is 37.4 Å². The van der Waals surface area contributed by atoms with Gasteiger partial charge in [-0.25, -0.2) is 0 Å². The fourth-order valence-corrected chi connectivity index (χ4v) is 1.92. The molecule has 0 aliphatic carbocycles. The number of aromatic nitrogens is 2. The molecule has 0 radical (unpaired) electrons. The van der Waals surface area contributed by atoms with Crippen molar-refractivity contribution in [2.75, 3.05) is 13.2 Å². The van der Waals surface area contributed by atoms with Crippen LogP contribution in [0.25, 0.3) is 0 Å². The van der Waals surface area contributed by atoms with Gasteiger partial charge in [0, 0.05) is 25.4 Å². The summed E-state index contributed by atoms with van der Waals surface area (Å²) >= 11 is 0. The Morgan fingerprint density at radius 1 is 1.65 bits per heavy atom. The second kappa shape index (κ2) is 5.27. The Kier molecular flexibility index (Phi) is 3.73. The van der Waals surface area contributed by atoms with Crippen molar-refractivity contribution in [1.29, 1.82) is 0 Å². The van der Waals surface area contributed by atoms with Gasteiger partial charge in [0.2, 0.25) is 5.89 Å². The van der Waals surface area contributed by atoms with Crippen molar-refractivity contribution < 1.29 is 19.2 Å².